The van der Waals surface area contributed by atoms with Crippen LogP contribution in [0.25, 0.3) is 33.2 Å². The molecule has 2 fully saturated rings. The maximum atomic E-state index is 10.7. The highest BCUT2D eigenvalue weighted by molar-refractivity contribution is 5.91. The van der Waals surface area contributed by atoms with Gasteiger partial charge in [0.2, 0.25) is 0 Å². The van der Waals surface area contributed by atoms with Gasteiger partial charge in [0.25, 0.3) is 0 Å². The molecule has 0 amide bonds. The van der Waals surface area contributed by atoms with Crippen LogP contribution >= 0.6 is 0 Å². The molecule has 4 heterocycles. The maximum Gasteiger partial charge on any atom is 0.130 e. The molecule has 2 N–H and O–H groups in total. The highest BCUT2D eigenvalue weighted by Gasteiger charge is 2.22. The van der Waals surface area contributed by atoms with Crippen LogP contribution in [-0.2, 0) is 7.05 Å². The normalized spacial score (nSPS) is 17.8. The number of hydrogen-bond donors (Lipinski definition) is 2. The van der Waals surface area contributed by atoms with Crippen LogP contribution in [0.3, 0.4) is 0 Å². The Hall–Kier alpha value is -3.19. The molecule has 2 aliphatic rings. The molecule has 33 heavy (non-hydrogen) atoms. The third kappa shape index (κ3) is 4.25. The van der Waals surface area contributed by atoms with Crippen molar-refractivity contribution in [2.24, 2.45) is 7.05 Å². The van der Waals surface area contributed by atoms with Gasteiger partial charge in [0.1, 0.15) is 11.6 Å². The standard InChI is InChI=1S/C22H24N6O.C4H8/c1-13-21-14(11-27(3)26-21)10-16(22(13)29)17-4-5-19-18(24-17)6-7-20(25-19)28-9-8-15(12-28)23-2;1-2-4-3-1/h4-7,10-11,15,23,29H,8-9,12H2,1-3H3;1-4H2. The van der Waals surface area contributed by atoms with E-state index in [-0.39, 0.29) is 5.75 Å². The largest absolute Gasteiger partial charge is 0.507 e. The average molecular weight is 445 g/mol. The van der Waals surface area contributed by atoms with Gasteiger partial charge in [0.05, 0.1) is 22.2 Å². The fourth-order valence-electron chi connectivity index (χ4n) is 4.42. The molecule has 1 unspecified atom stereocenters. The summed E-state index contributed by atoms with van der Waals surface area (Å²) in [4.78, 5) is 11.9. The number of phenols is 1. The van der Waals surface area contributed by atoms with Gasteiger partial charge in [-0.25, -0.2) is 9.97 Å². The second kappa shape index (κ2) is 8.98. The van der Waals surface area contributed by atoms with E-state index in [0.717, 1.165) is 58.5 Å². The number of aromatic hydroxyl groups is 1. The quantitative estimate of drug-likeness (QED) is 0.482. The predicted molar refractivity (Wildman–Crippen MR) is 134 cm³/mol. The lowest BCUT2D eigenvalue weighted by atomic mass is 10.0. The van der Waals surface area contributed by atoms with Crippen molar-refractivity contribution in [2.75, 3.05) is 25.0 Å². The fraction of sp³-hybridized carbons (Fsp3) is 0.423. The molecule has 1 aromatic carbocycles. The summed E-state index contributed by atoms with van der Waals surface area (Å²) in [6.07, 6.45) is 9.08. The van der Waals surface area contributed by atoms with Crippen LogP contribution in [0, 0.1) is 6.92 Å². The average Bonchev–Trinajstić information content (AvgIpc) is 3.41. The van der Waals surface area contributed by atoms with Crippen molar-refractivity contribution < 1.29 is 5.11 Å². The van der Waals surface area contributed by atoms with Crippen molar-refractivity contribution in [1.29, 1.82) is 0 Å². The molecular weight excluding hydrogens is 412 g/mol. The molecule has 1 aliphatic carbocycles. The minimum atomic E-state index is 0.225. The van der Waals surface area contributed by atoms with Gasteiger partial charge in [-0.15, -0.1) is 0 Å². The summed E-state index contributed by atoms with van der Waals surface area (Å²) in [5.41, 5.74) is 4.70. The van der Waals surface area contributed by atoms with Gasteiger partial charge in [-0.2, -0.15) is 5.10 Å². The van der Waals surface area contributed by atoms with Crippen LogP contribution in [0.1, 0.15) is 37.7 Å². The maximum absolute atomic E-state index is 10.7. The first kappa shape index (κ1) is 21.6. The Morgan fingerprint density at radius 2 is 1.76 bits per heavy atom. The van der Waals surface area contributed by atoms with Crippen molar-refractivity contribution >= 4 is 27.8 Å². The van der Waals surface area contributed by atoms with Gasteiger partial charge in [-0.05, 0) is 50.7 Å². The van der Waals surface area contributed by atoms with Gasteiger partial charge in [-0.3, -0.25) is 4.68 Å². The molecule has 0 radical (unpaired) electrons. The van der Waals surface area contributed by atoms with Crippen molar-refractivity contribution in [2.45, 2.75) is 45.1 Å². The number of aryl methyl sites for hydroxylation is 2. The van der Waals surface area contributed by atoms with E-state index in [1.807, 2.05) is 57.5 Å². The lowest BCUT2D eigenvalue weighted by Crippen LogP contribution is -2.29. The fourth-order valence-corrected chi connectivity index (χ4v) is 4.42. The summed E-state index contributed by atoms with van der Waals surface area (Å²) < 4.78 is 1.76. The highest BCUT2D eigenvalue weighted by Crippen LogP contribution is 2.36. The van der Waals surface area contributed by atoms with Crippen LogP contribution in [0.5, 0.6) is 5.75 Å². The monoisotopic (exact) mass is 444 g/mol. The zero-order chi connectivity index (χ0) is 22.9. The van der Waals surface area contributed by atoms with E-state index in [9.17, 15) is 5.11 Å². The van der Waals surface area contributed by atoms with Gasteiger partial charge in [0.15, 0.2) is 0 Å². The Bertz CT molecular complexity index is 1290. The molecule has 6 rings (SSSR count). The molecule has 1 atom stereocenters. The first-order valence-electron chi connectivity index (χ1n) is 11.9. The number of nitrogens with one attached hydrogen (secondary N) is 1. The number of anilines is 1. The number of fused-ring (bicyclic) bond motifs is 2. The van der Waals surface area contributed by atoms with Crippen LogP contribution < -0.4 is 10.2 Å². The van der Waals surface area contributed by atoms with Crippen molar-refractivity contribution in [3.63, 3.8) is 0 Å². The van der Waals surface area contributed by atoms with Crippen LogP contribution in [-0.4, -0.2) is 51.0 Å². The van der Waals surface area contributed by atoms with E-state index in [2.05, 4.69) is 15.3 Å². The zero-order valence-corrected chi connectivity index (χ0v) is 19.7. The van der Waals surface area contributed by atoms with Crippen LogP contribution in [0.15, 0.2) is 36.5 Å². The summed E-state index contributed by atoms with van der Waals surface area (Å²) in [7, 11) is 3.89. The number of hydrogen-bond acceptors (Lipinski definition) is 6. The SMILES string of the molecule is C1CCC1.CNC1CCN(c2ccc3nc(-c4cc5cn(C)nc5c(C)c4O)ccc3n2)C1. The highest BCUT2D eigenvalue weighted by atomic mass is 16.3. The number of benzene rings is 1. The Morgan fingerprint density at radius 3 is 2.45 bits per heavy atom. The minimum absolute atomic E-state index is 0.225. The molecule has 4 aromatic rings. The summed E-state index contributed by atoms with van der Waals surface area (Å²) in [6.45, 7) is 3.87. The molecule has 7 heteroatoms. The van der Waals surface area contributed by atoms with Crippen molar-refractivity contribution in [1.82, 2.24) is 25.1 Å². The van der Waals surface area contributed by atoms with Crippen LogP contribution in [0.2, 0.25) is 0 Å². The van der Waals surface area contributed by atoms with Crippen LogP contribution in [0.4, 0.5) is 5.82 Å². The Balaban J connectivity index is 0.000000517. The zero-order valence-electron chi connectivity index (χ0n) is 19.7. The summed E-state index contributed by atoms with van der Waals surface area (Å²) in [6, 6.07) is 10.4. The van der Waals surface area contributed by atoms with E-state index in [0.29, 0.717) is 11.6 Å². The van der Waals surface area contributed by atoms with Gasteiger partial charge in [0, 0.05) is 48.9 Å². The van der Waals surface area contributed by atoms with E-state index in [1.165, 1.54) is 25.7 Å². The molecule has 1 aliphatic heterocycles. The lowest BCUT2D eigenvalue weighted by molar-refractivity contribution is 0.474. The number of aromatic nitrogens is 4. The number of phenolic OH excluding ortho intramolecular Hbond substituents is 1. The second-order valence-corrected chi connectivity index (χ2v) is 9.18. The van der Waals surface area contributed by atoms with E-state index >= 15 is 0 Å². The molecule has 3 aromatic heterocycles. The molecule has 7 nitrogen and oxygen atoms in total. The lowest BCUT2D eigenvalue weighted by Gasteiger charge is -2.17. The van der Waals surface area contributed by atoms with Crippen molar-refractivity contribution in [3.05, 3.63) is 42.1 Å². The third-order valence-corrected chi connectivity index (χ3v) is 6.85. The number of likely N-dealkylation sites (N-methyl/N-ethyl adjacent to an activating group) is 1. The summed E-state index contributed by atoms with van der Waals surface area (Å²) >= 11 is 0. The summed E-state index contributed by atoms with van der Waals surface area (Å²) in [5, 5.41) is 19.5. The van der Waals surface area contributed by atoms with Gasteiger partial charge >= 0.3 is 0 Å². The third-order valence-electron chi connectivity index (χ3n) is 6.85. The van der Waals surface area contributed by atoms with E-state index in [4.69, 9.17) is 9.97 Å². The predicted octanol–water partition coefficient (Wildman–Crippen LogP) is 4.56. The number of rotatable bonds is 3. The van der Waals surface area contributed by atoms with Gasteiger partial charge < -0.3 is 15.3 Å². The first-order chi connectivity index (χ1) is 16.0. The molecular formula is C26H32N6O. The van der Waals surface area contributed by atoms with Crippen molar-refractivity contribution in [3.8, 4) is 17.0 Å². The smallest absolute Gasteiger partial charge is 0.130 e. The minimum Gasteiger partial charge on any atom is -0.507 e. The molecule has 1 saturated carbocycles. The molecule has 1 saturated heterocycles. The Kier molecular flexibility index (Phi) is 5.89. The first-order valence-corrected chi connectivity index (χ1v) is 11.9. The molecule has 0 spiro atoms. The topological polar surface area (TPSA) is 79.1 Å². The van der Waals surface area contributed by atoms with Gasteiger partial charge in [-0.1, -0.05) is 25.7 Å². The Labute approximate surface area is 194 Å². The molecule has 0 bridgehead atoms. The number of pyridine rings is 2. The van der Waals surface area contributed by atoms with E-state index < -0.39 is 0 Å². The molecule has 172 valence electrons. The Morgan fingerprint density at radius 1 is 1.03 bits per heavy atom. The van der Waals surface area contributed by atoms with E-state index in [1.54, 1.807) is 4.68 Å². The second-order valence-electron chi connectivity index (χ2n) is 9.18. The number of nitrogens with zero attached hydrogens (tertiary/aromatic N) is 5. The summed E-state index contributed by atoms with van der Waals surface area (Å²) in [5.74, 6) is 1.21.